The van der Waals surface area contributed by atoms with Crippen molar-refractivity contribution in [3.63, 3.8) is 0 Å². The molecule has 2 heteroatoms. The van der Waals surface area contributed by atoms with E-state index < -0.39 is 0 Å². The molecule has 1 rings (SSSR count). The average molecular weight is 241 g/mol. The summed E-state index contributed by atoms with van der Waals surface area (Å²) in [6.07, 6.45) is 5.42. The molecule has 1 saturated carbocycles. The van der Waals surface area contributed by atoms with Crippen LogP contribution in [0, 0.1) is 5.92 Å². The van der Waals surface area contributed by atoms with Crippen LogP contribution in [0.2, 0.25) is 0 Å². The van der Waals surface area contributed by atoms with E-state index in [-0.39, 0.29) is 11.1 Å². The van der Waals surface area contributed by atoms with Gasteiger partial charge in [0.25, 0.3) is 0 Å². The molecule has 102 valence electrons. The molecule has 0 amide bonds. The zero-order valence-electron chi connectivity index (χ0n) is 12.6. The van der Waals surface area contributed by atoms with Crippen LogP contribution in [0.15, 0.2) is 0 Å². The molecule has 0 bridgehead atoms. The number of hydrogen-bond donors (Lipinski definition) is 1. The Balaban J connectivity index is 2.56. The van der Waals surface area contributed by atoms with Gasteiger partial charge in [-0.1, -0.05) is 26.7 Å². The lowest BCUT2D eigenvalue weighted by molar-refractivity contribution is -0.0995. The molecule has 0 heterocycles. The van der Waals surface area contributed by atoms with Gasteiger partial charge in [-0.15, -0.1) is 0 Å². The minimum Gasteiger partial charge on any atom is -0.370 e. The van der Waals surface area contributed by atoms with Crippen molar-refractivity contribution in [2.75, 3.05) is 6.54 Å². The van der Waals surface area contributed by atoms with Gasteiger partial charge in [-0.3, -0.25) is 0 Å². The second-order valence-electron chi connectivity index (χ2n) is 7.06. The molecule has 1 unspecified atom stereocenters. The van der Waals surface area contributed by atoms with Crippen LogP contribution in [0.4, 0.5) is 0 Å². The van der Waals surface area contributed by atoms with Crippen molar-refractivity contribution < 1.29 is 4.74 Å². The van der Waals surface area contributed by atoms with Crippen LogP contribution < -0.4 is 5.32 Å². The molecule has 0 aromatic heterocycles. The Kier molecular flexibility index (Phi) is 5.03. The van der Waals surface area contributed by atoms with Gasteiger partial charge in [-0.25, -0.2) is 0 Å². The smallest absolute Gasteiger partial charge is 0.0810 e. The van der Waals surface area contributed by atoms with Gasteiger partial charge in [0.15, 0.2) is 0 Å². The van der Waals surface area contributed by atoms with Crippen molar-refractivity contribution in [2.45, 2.75) is 84.5 Å². The lowest BCUT2D eigenvalue weighted by Crippen LogP contribution is -2.49. The predicted molar refractivity (Wildman–Crippen MR) is 74.3 cm³/mol. The summed E-state index contributed by atoms with van der Waals surface area (Å²) in [4.78, 5) is 0. The quantitative estimate of drug-likeness (QED) is 0.791. The lowest BCUT2D eigenvalue weighted by atomic mass is 9.98. The lowest BCUT2D eigenvalue weighted by Gasteiger charge is -2.37. The van der Waals surface area contributed by atoms with Crippen LogP contribution in [0.1, 0.15) is 67.2 Å². The summed E-state index contributed by atoms with van der Waals surface area (Å²) in [5, 5.41) is 3.62. The standard InChI is InChI=1S/C15H31NO/c1-12(2)13(3)17-15(9-7-8-10-15)11-16-14(4,5)6/h12-13,16H,7-11H2,1-6H3. The van der Waals surface area contributed by atoms with E-state index in [0.29, 0.717) is 12.0 Å². The van der Waals surface area contributed by atoms with Crippen LogP contribution in [0.25, 0.3) is 0 Å². The highest BCUT2D eigenvalue weighted by Gasteiger charge is 2.37. The molecule has 0 aromatic carbocycles. The van der Waals surface area contributed by atoms with E-state index in [4.69, 9.17) is 4.74 Å². The molecule has 1 aliphatic rings. The Morgan fingerprint density at radius 2 is 1.65 bits per heavy atom. The Morgan fingerprint density at radius 3 is 2.06 bits per heavy atom. The Morgan fingerprint density at radius 1 is 1.12 bits per heavy atom. The fourth-order valence-electron chi connectivity index (χ4n) is 2.31. The first kappa shape index (κ1) is 15.0. The summed E-state index contributed by atoms with van der Waals surface area (Å²) in [6, 6.07) is 0. The van der Waals surface area contributed by atoms with Gasteiger partial charge < -0.3 is 10.1 Å². The van der Waals surface area contributed by atoms with E-state index in [9.17, 15) is 0 Å². The molecule has 1 N–H and O–H groups in total. The fraction of sp³-hybridized carbons (Fsp3) is 1.00. The fourth-order valence-corrected chi connectivity index (χ4v) is 2.31. The summed E-state index contributed by atoms with van der Waals surface area (Å²) in [5.74, 6) is 0.599. The normalized spacial score (nSPS) is 22.1. The highest BCUT2D eigenvalue weighted by atomic mass is 16.5. The second-order valence-corrected chi connectivity index (χ2v) is 7.06. The molecule has 0 radical (unpaired) electrons. The molecule has 0 spiro atoms. The van der Waals surface area contributed by atoms with Crippen LogP contribution in [0.3, 0.4) is 0 Å². The van der Waals surface area contributed by atoms with E-state index >= 15 is 0 Å². The number of nitrogens with one attached hydrogen (secondary N) is 1. The molecule has 2 nitrogen and oxygen atoms in total. The van der Waals surface area contributed by atoms with Gasteiger partial charge in [0.1, 0.15) is 0 Å². The van der Waals surface area contributed by atoms with Crippen LogP contribution in [0.5, 0.6) is 0 Å². The van der Waals surface area contributed by atoms with Gasteiger partial charge >= 0.3 is 0 Å². The Bertz CT molecular complexity index is 224. The molecule has 17 heavy (non-hydrogen) atoms. The zero-order valence-corrected chi connectivity index (χ0v) is 12.6. The van der Waals surface area contributed by atoms with Gasteiger partial charge in [-0.2, -0.15) is 0 Å². The van der Waals surface area contributed by atoms with E-state index in [1.807, 2.05) is 0 Å². The zero-order chi connectivity index (χ0) is 13.1. The third kappa shape index (κ3) is 4.97. The first-order valence-corrected chi connectivity index (χ1v) is 7.17. The molecular weight excluding hydrogens is 210 g/mol. The molecule has 0 saturated heterocycles. The molecule has 0 aromatic rings. The molecule has 1 atom stereocenters. The maximum absolute atomic E-state index is 6.39. The summed E-state index contributed by atoms with van der Waals surface area (Å²) in [7, 11) is 0. The molecule has 0 aliphatic heterocycles. The highest BCUT2D eigenvalue weighted by molar-refractivity contribution is 4.91. The molecule has 1 aliphatic carbocycles. The topological polar surface area (TPSA) is 21.3 Å². The number of ether oxygens (including phenoxy) is 1. The Labute approximate surface area is 108 Å². The van der Waals surface area contributed by atoms with Crippen molar-refractivity contribution in [1.29, 1.82) is 0 Å². The van der Waals surface area contributed by atoms with Gasteiger partial charge in [0.2, 0.25) is 0 Å². The van der Waals surface area contributed by atoms with Gasteiger partial charge in [0, 0.05) is 12.1 Å². The van der Waals surface area contributed by atoms with Crippen molar-refractivity contribution >= 4 is 0 Å². The third-order valence-electron chi connectivity index (χ3n) is 3.83. The monoisotopic (exact) mass is 241 g/mol. The first-order valence-electron chi connectivity index (χ1n) is 7.17. The van der Waals surface area contributed by atoms with E-state index in [0.717, 1.165) is 6.54 Å². The maximum Gasteiger partial charge on any atom is 0.0810 e. The maximum atomic E-state index is 6.39. The minimum atomic E-state index is 0.0942. The molecule has 1 fully saturated rings. The number of rotatable bonds is 5. The SMILES string of the molecule is CC(C)C(C)OC1(CNC(C)(C)C)CCCC1. The number of hydrogen-bond acceptors (Lipinski definition) is 2. The summed E-state index contributed by atoms with van der Waals surface area (Å²) < 4.78 is 6.39. The average Bonchev–Trinajstić information content (AvgIpc) is 2.63. The molecular formula is C15H31NO. The van der Waals surface area contributed by atoms with Crippen molar-refractivity contribution in [2.24, 2.45) is 5.92 Å². The Hall–Kier alpha value is -0.0800. The van der Waals surface area contributed by atoms with Gasteiger partial charge in [0.05, 0.1) is 11.7 Å². The predicted octanol–water partition coefficient (Wildman–Crippen LogP) is 3.75. The summed E-state index contributed by atoms with van der Waals surface area (Å²) >= 11 is 0. The van der Waals surface area contributed by atoms with E-state index in [1.165, 1.54) is 25.7 Å². The van der Waals surface area contributed by atoms with E-state index in [2.05, 4.69) is 46.9 Å². The highest BCUT2D eigenvalue weighted by Crippen LogP contribution is 2.35. The van der Waals surface area contributed by atoms with Crippen LogP contribution in [-0.2, 0) is 4.74 Å². The van der Waals surface area contributed by atoms with Crippen LogP contribution >= 0.6 is 0 Å². The minimum absolute atomic E-state index is 0.0942. The van der Waals surface area contributed by atoms with Crippen molar-refractivity contribution in [1.82, 2.24) is 5.32 Å². The summed E-state index contributed by atoms with van der Waals surface area (Å²) in [5.41, 5.74) is 0.275. The largest absolute Gasteiger partial charge is 0.370 e. The van der Waals surface area contributed by atoms with E-state index in [1.54, 1.807) is 0 Å². The second kappa shape index (κ2) is 5.71. The van der Waals surface area contributed by atoms with Crippen LogP contribution in [-0.4, -0.2) is 23.8 Å². The van der Waals surface area contributed by atoms with Crippen molar-refractivity contribution in [3.05, 3.63) is 0 Å². The van der Waals surface area contributed by atoms with Crippen molar-refractivity contribution in [3.8, 4) is 0 Å². The third-order valence-corrected chi connectivity index (χ3v) is 3.83. The summed E-state index contributed by atoms with van der Waals surface area (Å²) in [6.45, 7) is 14.4. The first-order chi connectivity index (χ1) is 7.74. The van der Waals surface area contributed by atoms with Gasteiger partial charge in [-0.05, 0) is 46.5 Å².